The van der Waals surface area contributed by atoms with Crippen molar-refractivity contribution in [2.45, 2.75) is 37.0 Å². The normalized spacial score (nSPS) is 24.9. The number of ether oxygens (including phenoxy) is 1. The average Bonchev–Trinajstić information content (AvgIpc) is 2.89. The Morgan fingerprint density at radius 3 is 2.90 bits per heavy atom. The number of nitrogens with one attached hydrogen (secondary N) is 1. The Balaban J connectivity index is 2.20. The number of piperidine rings is 1. The summed E-state index contributed by atoms with van der Waals surface area (Å²) in [6.07, 6.45) is 1.65. The number of rotatable bonds is 5. The summed E-state index contributed by atoms with van der Waals surface area (Å²) in [5.41, 5.74) is -0.425. The third kappa shape index (κ3) is 3.06. The molecule has 1 unspecified atom stereocenters. The highest BCUT2D eigenvalue weighted by Gasteiger charge is 2.38. The lowest BCUT2D eigenvalue weighted by atomic mass is 9.96. The van der Waals surface area contributed by atoms with E-state index in [0.717, 1.165) is 12.8 Å². The molecule has 0 bridgehead atoms. The molecule has 6 nitrogen and oxygen atoms in total. The number of hydrogen-bond acceptors (Lipinski definition) is 5. The molecule has 1 aromatic heterocycles. The summed E-state index contributed by atoms with van der Waals surface area (Å²) in [7, 11) is -0.180. The minimum absolute atomic E-state index is 0.00287. The molecule has 1 aromatic rings. The van der Waals surface area contributed by atoms with Crippen LogP contribution >= 0.6 is 0 Å². The van der Waals surface area contributed by atoms with Gasteiger partial charge in [-0.1, -0.05) is 0 Å². The van der Waals surface area contributed by atoms with Crippen molar-refractivity contribution in [1.82, 2.24) is 9.62 Å². The first-order chi connectivity index (χ1) is 9.41. The van der Waals surface area contributed by atoms with Gasteiger partial charge in [-0.3, -0.25) is 0 Å². The molecular weight excluding hydrogens is 280 g/mol. The van der Waals surface area contributed by atoms with Gasteiger partial charge >= 0.3 is 0 Å². The van der Waals surface area contributed by atoms with Crippen LogP contribution in [0.5, 0.6) is 0 Å². The van der Waals surface area contributed by atoms with E-state index in [1.165, 1.54) is 10.4 Å². The molecule has 0 aromatic carbocycles. The first-order valence-electron chi connectivity index (χ1n) is 6.70. The maximum atomic E-state index is 12.6. The van der Waals surface area contributed by atoms with Crippen LogP contribution < -0.4 is 5.32 Å². The smallest absolute Gasteiger partial charge is 0.276 e. The minimum atomic E-state index is -3.58. The monoisotopic (exact) mass is 302 g/mol. The molecule has 7 heteroatoms. The van der Waals surface area contributed by atoms with E-state index in [9.17, 15) is 8.42 Å². The van der Waals surface area contributed by atoms with Gasteiger partial charge in [0.05, 0.1) is 12.1 Å². The molecule has 1 N–H and O–H groups in total. The summed E-state index contributed by atoms with van der Waals surface area (Å²) in [6.45, 7) is 3.30. The van der Waals surface area contributed by atoms with Gasteiger partial charge in [-0.25, -0.2) is 8.42 Å². The second kappa shape index (κ2) is 5.85. The quantitative estimate of drug-likeness (QED) is 0.884. The number of methoxy groups -OCH3 is 1. The van der Waals surface area contributed by atoms with Crippen LogP contribution in [0.4, 0.5) is 0 Å². The molecule has 1 atom stereocenters. The van der Waals surface area contributed by atoms with E-state index >= 15 is 0 Å². The second-order valence-corrected chi connectivity index (χ2v) is 7.22. The number of furan rings is 1. The van der Waals surface area contributed by atoms with Gasteiger partial charge in [-0.15, -0.1) is 0 Å². The first kappa shape index (κ1) is 15.5. The van der Waals surface area contributed by atoms with Gasteiger partial charge < -0.3 is 14.5 Å². The summed E-state index contributed by atoms with van der Waals surface area (Å²) in [6, 6.07) is 3.20. The summed E-state index contributed by atoms with van der Waals surface area (Å²) < 4.78 is 37.4. The van der Waals surface area contributed by atoms with Crippen LogP contribution in [-0.4, -0.2) is 45.6 Å². The van der Waals surface area contributed by atoms with Crippen molar-refractivity contribution in [2.24, 2.45) is 0 Å². The van der Waals surface area contributed by atoms with E-state index in [0.29, 0.717) is 25.4 Å². The lowest BCUT2D eigenvalue weighted by molar-refractivity contribution is -0.0321. The largest absolute Gasteiger partial charge is 0.447 e. The standard InChI is InChI=1S/C13H22N2O4S/c1-13(18-3)7-4-8-15(10-13)20(16,17)12-6-5-11(19-12)9-14-2/h5-6,14H,4,7-10H2,1-3H3. The molecule has 20 heavy (non-hydrogen) atoms. The van der Waals surface area contributed by atoms with Crippen LogP contribution in [0.2, 0.25) is 0 Å². The molecule has 0 radical (unpaired) electrons. The fourth-order valence-corrected chi connectivity index (χ4v) is 3.94. The summed E-state index contributed by atoms with van der Waals surface area (Å²) >= 11 is 0. The Hall–Kier alpha value is -0.890. The highest BCUT2D eigenvalue weighted by Crippen LogP contribution is 2.28. The molecule has 1 aliphatic rings. The summed E-state index contributed by atoms with van der Waals surface area (Å²) in [5.74, 6) is 0.609. The SMILES string of the molecule is CNCc1ccc(S(=O)(=O)N2CCCC(C)(OC)C2)o1. The van der Waals surface area contributed by atoms with Gasteiger partial charge in [-0.2, -0.15) is 4.31 Å². The van der Waals surface area contributed by atoms with Crippen LogP contribution in [0.15, 0.2) is 21.6 Å². The van der Waals surface area contributed by atoms with E-state index in [-0.39, 0.29) is 5.09 Å². The van der Waals surface area contributed by atoms with Gasteiger partial charge in [-0.05, 0) is 38.9 Å². The molecular formula is C13H22N2O4S. The summed E-state index contributed by atoms with van der Waals surface area (Å²) in [4.78, 5) is 0. The Morgan fingerprint density at radius 1 is 1.50 bits per heavy atom. The maximum Gasteiger partial charge on any atom is 0.276 e. The van der Waals surface area contributed by atoms with Gasteiger partial charge in [0.2, 0.25) is 5.09 Å². The molecule has 0 aliphatic carbocycles. The van der Waals surface area contributed by atoms with Gasteiger partial charge in [0.25, 0.3) is 10.0 Å². The van der Waals surface area contributed by atoms with Crippen molar-refractivity contribution in [3.63, 3.8) is 0 Å². The van der Waals surface area contributed by atoms with Crippen LogP contribution in [-0.2, 0) is 21.3 Å². The predicted molar refractivity (Wildman–Crippen MR) is 74.9 cm³/mol. The molecule has 0 amide bonds. The van der Waals surface area contributed by atoms with Crippen molar-refractivity contribution >= 4 is 10.0 Å². The van der Waals surface area contributed by atoms with Crippen molar-refractivity contribution in [2.75, 3.05) is 27.2 Å². The Morgan fingerprint density at radius 2 is 2.25 bits per heavy atom. The Labute approximate surface area is 120 Å². The van der Waals surface area contributed by atoms with Crippen LogP contribution in [0.3, 0.4) is 0 Å². The molecule has 2 rings (SSSR count). The highest BCUT2D eigenvalue weighted by molar-refractivity contribution is 7.89. The van der Waals surface area contributed by atoms with Gasteiger partial charge in [0.15, 0.2) is 0 Å². The number of hydrogen-bond donors (Lipinski definition) is 1. The molecule has 1 aliphatic heterocycles. The van der Waals surface area contributed by atoms with Crippen molar-refractivity contribution in [3.05, 3.63) is 17.9 Å². The van der Waals surface area contributed by atoms with Crippen LogP contribution in [0.25, 0.3) is 0 Å². The van der Waals surface area contributed by atoms with Gasteiger partial charge in [0, 0.05) is 20.2 Å². The maximum absolute atomic E-state index is 12.6. The first-order valence-corrected chi connectivity index (χ1v) is 8.14. The highest BCUT2D eigenvalue weighted by atomic mass is 32.2. The van der Waals surface area contributed by atoms with E-state index in [1.807, 2.05) is 6.92 Å². The summed E-state index contributed by atoms with van der Waals surface area (Å²) in [5, 5.41) is 2.93. The molecule has 0 spiro atoms. The zero-order valence-electron chi connectivity index (χ0n) is 12.2. The molecule has 1 saturated heterocycles. The average molecular weight is 302 g/mol. The number of nitrogens with zero attached hydrogens (tertiary/aromatic N) is 1. The van der Waals surface area contributed by atoms with E-state index < -0.39 is 15.6 Å². The fraction of sp³-hybridized carbons (Fsp3) is 0.692. The minimum Gasteiger partial charge on any atom is -0.447 e. The zero-order valence-corrected chi connectivity index (χ0v) is 13.0. The van der Waals surface area contributed by atoms with E-state index in [4.69, 9.17) is 9.15 Å². The molecule has 1 fully saturated rings. The lowest BCUT2D eigenvalue weighted by Gasteiger charge is -2.38. The van der Waals surface area contributed by atoms with Gasteiger partial charge in [0.1, 0.15) is 5.76 Å². The Bertz CT molecular complexity index is 554. The van der Waals surface area contributed by atoms with Crippen LogP contribution in [0, 0.1) is 0 Å². The molecule has 114 valence electrons. The van der Waals surface area contributed by atoms with Crippen molar-refractivity contribution in [3.8, 4) is 0 Å². The van der Waals surface area contributed by atoms with Crippen LogP contribution in [0.1, 0.15) is 25.5 Å². The zero-order chi connectivity index (χ0) is 14.8. The third-order valence-electron chi connectivity index (χ3n) is 3.70. The van der Waals surface area contributed by atoms with E-state index in [2.05, 4.69) is 5.32 Å². The lowest BCUT2D eigenvalue weighted by Crippen LogP contribution is -2.49. The third-order valence-corrected chi connectivity index (χ3v) is 5.42. The fourth-order valence-electron chi connectivity index (χ4n) is 2.43. The predicted octanol–water partition coefficient (Wildman–Crippen LogP) is 1.19. The molecule has 2 heterocycles. The number of sulfonamides is 1. The van der Waals surface area contributed by atoms with E-state index in [1.54, 1.807) is 20.2 Å². The van der Waals surface area contributed by atoms with Crippen molar-refractivity contribution in [1.29, 1.82) is 0 Å². The topological polar surface area (TPSA) is 71.8 Å². The van der Waals surface area contributed by atoms with Crippen molar-refractivity contribution < 1.29 is 17.6 Å². The Kier molecular flexibility index (Phi) is 4.53. The second-order valence-electron chi connectivity index (χ2n) is 5.35. The molecule has 0 saturated carbocycles.